The Bertz CT molecular complexity index is 636. The van der Waals surface area contributed by atoms with Crippen molar-refractivity contribution in [1.82, 2.24) is 9.97 Å². The van der Waals surface area contributed by atoms with Crippen LogP contribution in [0.15, 0.2) is 29.1 Å². The minimum Gasteiger partial charge on any atom is -0.306 e. The molecule has 2 heterocycles. The van der Waals surface area contributed by atoms with Gasteiger partial charge >= 0.3 is 0 Å². The maximum absolute atomic E-state index is 12.0. The third kappa shape index (κ3) is 2.18. The topological polar surface area (TPSA) is 45.8 Å². The van der Waals surface area contributed by atoms with Gasteiger partial charge in [0.25, 0.3) is 5.56 Å². The van der Waals surface area contributed by atoms with Crippen LogP contribution in [0.1, 0.15) is 11.3 Å². The van der Waals surface area contributed by atoms with E-state index in [1.165, 1.54) is 0 Å². The lowest BCUT2D eigenvalue weighted by molar-refractivity contribution is 0.938. The first-order chi connectivity index (χ1) is 8.74. The molecule has 3 rings (SSSR count). The summed E-state index contributed by atoms with van der Waals surface area (Å²) in [6, 6.07) is 7.33. The van der Waals surface area contributed by atoms with E-state index in [0.717, 1.165) is 34.7 Å². The number of halogens is 1. The van der Waals surface area contributed by atoms with Crippen molar-refractivity contribution in [3.8, 4) is 11.4 Å². The molecule has 1 aliphatic heterocycles. The van der Waals surface area contributed by atoms with Crippen LogP contribution in [0, 0.1) is 0 Å². The Morgan fingerprint density at radius 1 is 1.28 bits per heavy atom. The second-order valence-electron chi connectivity index (χ2n) is 4.15. The van der Waals surface area contributed by atoms with Crippen LogP contribution < -0.4 is 5.56 Å². The zero-order chi connectivity index (χ0) is 12.5. The lowest BCUT2D eigenvalue weighted by Gasteiger charge is -2.14. The Labute approximate surface area is 114 Å². The molecule has 1 aromatic carbocycles. The van der Waals surface area contributed by atoms with E-state index in [9.17, 15) is 4.79 Å². The Balaban J connectivity index is 2.11. The van der Waals surface area contributed by atoms with Gasteiger partial charge in [-0.15, -0.1) is 0 Å². The molecule has 0 aliphatic carbocycles. The monoisotopic (exact) mass is 278 g/mol. The third-order valence-electron chi connectivity index (χ3n) is 2.95. The maximum Gasteiger partial charge on any atom is 0.255 e. The second kappa shape index (κ2) is 4.78. The van der Waals surface area contributed by atoms with Crippen molar-refractivity contribution < 1.29 is 0 Å². The number of hydrogen-bond donors (Lipinski definition) is 1. The average molecular weight is 279 g/mol. The number of rotatable bonds is 1. The normalized spacial score (nSPS) is 14.3. The van der Waals surface area contributed by atoms with E-state index in [1.807, 2.05) is 12.1 Å². The van der Waals surface area contributed by atoms with Crippen LogP contribution in [0.2, 0.25) is 5.02 Å². The van der Waals surface area contributed by atoms with Gasteiger partial charge in [-0.3, -0.25) is 4.79 Å². The maximum atomic E-state index is 12.0. The molecule has 0 spiro atoms. The van der Waals surface area contributed by atoms with E-state index in [-0.39, 0.29) is 5.56 Å². The number of aromatic amines is 1. The molecule has 5 heteroatoms. The fourth-order valence-corrected chi connectivity index (χ4v) is 3.10. The van der Waals surface area contributed by atoms with Gasteiger partial charge in [-0.25, -0.2) is 4.98 Å². The summed E-state index contributed by atoms with van der Waals surface area (Å²) in [5, 5.41) is 0.676. The number of nitrogens with zero attached hydrogens (tertiary/aromatic N) is 1. The van der Waals surface area contributed by atoms with Crippen LogP contribution in [0.3, 0.4) is 0 Å². The number of hydrogen-bond acceptors (Lipinski definition) is 3. The molecule has 1 aliphatic rings. The SMILES string of the molecule is O=c1[nH]c(-c2ccc(Cl)cc2)nc2c1CSCC2. The van der Waals surface area contributed by atoms with Gasteiger partial charge in [0.15, 0.2) is 0 Å². The van der Waals surface area contributed by atoms with Crippen LogP contribution in [0.4, 0.5) is 0 Å². The number of fused-ring (bicyclic) bond motifs is 1. The van der Waals surface area contributed by atoms with Gasteiger partial charge in [0.1, 0.15) is 5.82 Å². The highest BCUT2D eigenvalue weighted by Gasteiger charge is 2.16. The van der Waals surface area contributed by atoms with E-state index in [0.29, 0.717) is 10.8 Å². The summed E-state index contributed by atoms with van der Waals surface area (Å²) < 4.78 is 0. The predicted octanol–water partition coefficient (Wildman–Crippen LogP) is 2.88. The van der Waals surface area contributed by atoms with Gasteiger partial charge in [0.2, 0.25) is 0 Å². The molecular formula is C13H11ClN2OS. The van der Waals surface area contributed by atoms with Crippen LogP contribution >= 0.6 is 23.4 Å². The summed E-state index contributed by atoms with van der Waals surface area (Å²) in [5.41, 5.74) is 2.63. The van der Waals surface area contributed by atoms with Crippen molar-refractivity contribution >= 4 is 23.4 Å². The molecule has 0 fully saturated rings. The molecule has 0 amide bonds. The zero-order valence-electron chi connectivity index (χ0n) is 9.57. The summed E-state index contributed by atoms with van der Waals surface area (Å²) >= 11 is 7.63. The summed E-state index contributed by atoms with van der Waals surface area (Å²) in [5.74, 6) is 2.42. The Hall–Kier alpha value is -1.26. The third-order valence-corrected chi connectivity index (χ3v) is 4.19. The zero-order valence-corrected chi connectivity index (χ0v) is 11.1. The van der Waals surface area contributed by atoms with Crippen LogP contribution in [-0.4, -0.2) is 15.7 Å². The molecule has 1 N–H and O–H groups in total. The molecule has 3 nitrogen and oxygen atoms in total. The Kier molecular flexibility index (Phi) is 3.14. The Morgan fingerprint density at radius 3 is 2.83 bits per heavy atom. The van der Waals surface area contributed by atoms with Gasteiger partial charge in [0, 0.05) is 21.9 Å². The van der Waals surface area contributed by atoms with Gasteiger partial charge in [-0.05, 0) is 36.4 Å². The first kappa shape index (κ1) is 11.8. The molecular weight excluding hydrogens is 268 g/mol. The summed E-state index contributed by atoms with van der Waals surface area (Å²) in [6.07, 6.45) is 0.866. The number of aryl methyl sites for hydroxylation is 1. The first-order valence-electron chi connectivity index (χ1n) is 5.70. The predicted molar refractivity (Wildman–Crippen MR) is 75.2 cm³/mol. The minimum absolute atomic E-state index is 0.0165. The molecule has 0 bridgehead atoms. The molecule has 2 aromatic rings. The van der Waals surface area contributed by atoms with E-state index >= 15 is 0 Å². The van der Waals surface area contributed by atoms with Crippen molar-refractivity contribution in [2.24, 2.45) is 0 Å². The van der Waals surface area contributed by atoms with Crippen LogP contribution in [-0.2, 0) is 12.2 Å². The molecule has 0 atom stereocenters. The minimum atomic E-state index is -0.0165. The second-order valence-corrected chi connectivity index (χ2v) is 5.69. The largest absolute Gasteiger partial charge is 0.306 e. The van der Waals surface area contributed by atoms with Crippen LogP contribution in [0.5, 0.6) is 0 Å². The van der Waals surface area contributed by atoms with E-state index in [1.54, 1.807) is 23.9 Å². The molecule has 0 unspecified atom stereocenters. The smallest absolute Gasteiger partial charge is 0.255 e. The molecule has 1 aromatic heterocycles. The molecule has 0 saturated heterocycles. The molecule has 0 radical (unpaired) electrons. The van der Waals surface area contributed by atoms with Crippen molar-refractivity contribution in [3.63, 3.8) is 0 Å². The number of H-pyrrole nitrogens is 1. The first-order valence-corrected chi connectivity index (χ1v) is 7.23. The molecule has 0 saturated carbocycles. The molecule has 92 valence electrons. The van der Waals surface area contributed by atoms with Gasteiger partial charge in [0.05, 0.1) is 5.69 Å². The average Bonchev–Trinajstić information content (AvgIpc) is 2.39. The quantitative estimate of drug-likeness (QED) is 0.872. The van der Waals surface area contributed by atoms with Gasteiger partial charge in [-0.1, -0.05) is 11.6 Å². The number of nitrogens with one attached hydrogen (secondary N) is 1. The number of aromatic nitrogens is 2. The standard InChI is InChI=1S/C13H11ClN2OS/c14-9-3-1-8(2-4-9)12-15-11-5-6-18-7-10(11)13(17)16-12/h1-4H,5-7H2,(H,15,16,17). The Morgan fingerprint density at radius 2 is 2.06 bits per heavy atom. The van der Waals surface area contributed by atoms with Gasteiger partial charge in [-0.2, -0.15) is 11.8 Å². The summed E-state index contributed by atoms with van der Waals surface area (Å²) in [7, 11) is 0. The highest BCUT2D eigenvalue weighted by Crippen LogP contribution is 2.23. The summed E-state index contributed by atoms with van der Waals surface area (Å²) in [6.45, 7) is 0. The number of benzene rings is 1. The highest BCUT2D eigenvalue weighted by molar-refractivity contribution is 7.98. The van der Waals surface area contributed by atoms with Crippen LogP contribution in [0.25, 0.3) is 11.4 Å². The van der Waals surface area contributed by atoms with Crippen molar-refractivity contribution in [3.05, 3.63) is 50.9 Å². The fourth-order valence-electron chi connectivity index (χ4n) is 1.99. The highest BCUT2D eigenvalue weighted by atomic mass is 35.5. The fraction of sp³-hybridized carbons (Fsp3) is 0.231. The van der Waals surface area contributed by atoms with Crippen molar-refractivity contribution in [2.45, 2.75) is 12.2 Å². The lowest BCUT2D eigenvalue weighted by Crippen LogP contribution is -2.21. The van der Waals surface area contributed by atoms with E-state index in [4.69, 9.17) is 11.6 Å². The summed E-state index contributed by atoms with van der Waals surface area (Å²) in [4.78, 5) is 19.4. The number of thioether (sulfide) groups is 1. The van der Waals surface area contributed by atoms with Crippen molar-refractivity contribution in [1.29, 1.82) is 0 Å². The van der Waals surface area contributed by atoms with E-state index in [2.05, 4.69) is 9.97 Å². The van der Waals surface area contributed by atoms with E-state index < -0.39 is 0 Å². The van der Waals surface area contributed by atoms with Gasteiger partial charge < -0.3 is 4.98 Å². The molecule has 18 heavy (non-hydrogen) atoms. The van der Waals surface area contributed by atoms with Crippen molar-refractivity contribution in [2.75, 3.05) is 5.75 Å². The lowest BCUT2D eigenvalue weighted by atomic mass is 10.1.